The lowest BCUT2D eigenvalue weighted by molar-refractivity contribution is -0.255. The first-order chi connectivity index (χ1) is 7.21. The van der Waals surface area contributed by atoms with Crippen LogP contribution in [0.4, 0.5) is 0 Å². The van der Waals surface area contributed by atoms with E-state index in [-0.39, 0.29) is 29.7 Å². The number of carboxylic acids is 2. The van der Waals surface area contributed by atoms with E-state index in [1.165, 1.54) is 0 Å². The predicted octanol–water partition coefficient (Wildman–Crippen LogP) is -3.31. The molecule has 19 heavy (non-hydrogen) atoms. The highest BCUT2D eigenvalue weighted by molar-refractivity contribution is 7.85. The van der Waals surface area contributed by atoms with Crippen LogP contribution < -0.4 is 10.2 Å². The SMILES string of the molecule is O=C([O-])c1cc(C(=O)[O-])cc(S(=O)(=O)[O-])c1.[PH4+].[PH4+].[PH4+]. The zero-order valence-corrected chi connectivity index (χ0v) is 17.3. The molecule has 0 spiro atoms. The van der Waals surface area contributed by atoms with Crippen LogP contribution in [0.5, 0.6) is 0 Å². The molecule has 0 radical (unpaired) electrons. The van der Waals surface area contributed by atoms with Crippen molar-refractivity contribution in [2.24, 2.45) is 0 Å². The molecule has 0 aromatic heterocycles. The summed E-state index contributed by atoms with van der Waals surface area (Å²) in [5, 5.41) is 20.9. The monoisotopic (exact) mass is 348 g/mol. The van der Waals surface area contributed by atoms with Crippen molar-refractivity contribution in [3.63, 3.8) is 0 Å². The summed E-state index contributed by atoms with van der Waals surface area (Å²) in [7, 11) is -4.95. The van der Waals surface area contributed by atoms with Crippen molar-refractivity contribution in [2.45, 2.75) is 4.90 Å². The summed E-state index contributed by atoms with van der Waals surface area (Å²) in [6.45, 7) is 0. The number of carbonyl (C=O) groups is 2. The smallest absolute Gasteiger partial charge is 0.124 e. The van der Waals surface area contributed by atoms with E-state index in [0.717, 1.165) is 0 Å². The van der Waals surface area contributed by atoms with Gasteiger partial charge in [-0.25, -0.2) is 8.42 Å². The zero-order chi connectivity index (χ0) is 12.5. The van der Waals surface area contributed by atoms with Crippen molar-refractivity contribution in [1.29, 1.82) is 0 Å². The summed E-state index contributed by atoms with van der Waals surface area (Å²) >= 11 is 0. The molecule has 11 heteroatoms. The molecule has 0 N–H and O–H groups in total. The Bertz CT molecular complexity index is 537. The van der Waals surface area contributed by atoms with Gasteiger partial charge in [-0.15, -0.1) is 0 Å². The topological polar surface area (TPSA) is 137 Å². The first kappa shape index (κ1) is 23.5. The second-order valence-corrected chi connectivity index (χ2v) is 4.15. The minimum Gasteiger partial charge on any atom is -0.744 e. The number of hydrogen-bond acceptors (Lipinski definition) is 7. The van der Waals surface area contributed by atoms with E-state index in [9.17, 15) is 32.8 Å². The highest BCUT2D eigenvalue weighted by Gasteiger charge is 2.07. The zero-order valence-electron chi connectivity index (χ0n) is 10.5. The fraction of sp³-hybridized carbons (Fsp3) is 0. The Morgan fingerprint density at radius 1 is 0.842 bits per heavy atom. The summed E-state index contributed by atoms with van der Waals surface area (Å²) in [6, 6.07) is 1.67. The predicted molar refractivity (Wildman–Crippen MR) is 80.6 cm³/mol. The second kappa shape index (κ2) is 8.51. The number of carbonyl (C=O) groups excluding carboxylic acids is 2. The third-order valence-corrected chi connectivity index (χ3v) is 2.48. The molecule has 0 heterocycles. The molecule has 1 aromatic carbocycles. The minimum absolute atomic E-state index is 0. The first-order valence-electron chi connectivity index (χ1n) is 3.75. The minimum atomic E-state index is -4.95. The highest BCUT2D eigenvalue weighted by Crippen LogP contribution is 2.14. The van der Waals surface area contributed by atoms with Gasteiger partial charge < -0.3 is 24.4 Å². The molecule has 0 aliphatic rings. The number of benzene rings is 1. The van der Waals surface area contributed by atoms with Crippen molar-refractivity contribution in [3.05, 3.63) is 29.3 Å². The van der Waals surface area contributed by atoms with E-state index in [1.807, 2.05) is 0 Å². The molecule has 3 atom stereocenters. The Kier molecular flexibility index (Phi) is 10.5. The van der Waals surface area contributed by atoms with Gasteiger partial charge in [0.1, 0.15) is 10.1 Å². The Morgan fingerprint density at radius 3 is 1.37 bits per heavy atom. The second-order valence-electron chi connectivity index (χ2n) is 2.78. The van der Waals surface area contributed by atoms with E-state index in [1.54, 1.807) is 0 Å². The molecule has 7 nitrogen and oxygen atoms in total. The molecule has 0 aliphatic carbocycles. The van der Waals surface area contributed by atoms with E-state index in [2.05, 4.69) is 0 Å². The lowest BCUT2D eigenvalue weighted by Crippen LogP contribution is -2.26. The summed E-state index contributed by atoms with van der Waals surface area (Å²) in [5.41, 5.74) is -1.45. The molecule has 1 aromatic rings. The highest BCUT2D eigenvalue weighted by atomic mass is 32.2. The Labute approximate surface area is 119 Å². The molecule has 0 saturated heterocycles. The average molecular weight is 348 g/mol. The molecule has 0 aliphatic heterocycles. The van der Waals surface area contributed by atoms with Crippen molar-refractivity contribution in [1.82, 2.24) is 0 Å². The van der Waals surface area contributed by atoms with Gasteiger partial charge >= 0.3 is 0 Å². The molecule has 1 rings (SSSR count). The van der Waals surface area contributed by atoms with E-state index in [4.69, 9.17) is 0 Å². The number of carboxylic acid groups (broad SMARTS) is 2. The van der Waals surface area contributed by atoms with E-state index in [0.29, 0.717) is 18.2 Å². The van der Waals surface area contributed by atoms with Crippen molar-refractivity contribution >= 4 is 51.8 Å². The third-order valence-electron chi connectivity index (χ3n) is 1.67. The maximum Gasteiger partial charge on any atom is 0.124 e. The van der Waals surface area contributed by atoms with Gasteiger partial charge in [-0.2, -0.15) is 0 Å². The maximum absolute atomic E-state index is 10.6. The first-order valence-corrected chi connectivity index (χ1v) is 5.16. The van der Waals surface area contributed by atoms with Crippen LogP contribution in [0.25, 0.3) is 0 Å². The van der Waals surface area contributed by atoms with Gasteiger partial charge in [0.05, 0.1) is 16.8 Å². The fourth-order valence-corrected chi connectivity index (χ4v) is 1.52. The summed E-state index contributed by atoms with van der Waals surface area (Å²) in [6.07, 6.45) is 0. The van der Waals surface area contributed by atoms with Crippen LogP contribution in [0.2, 0.25) is 0 Å². The molecule has 0 amide bonds. The van der Waals surface area contributed by atoms with Crippen LogP contribution in [0.3, 0.4) is 0 Å². The third kappa shape index (κ3) is 6.37. The van der Waals surface area contributed by atoms with Crippen LogP contribution in [-0.2, 0) is 10.1 Å². The van der Waals surface area contributed by atoms with Gasteiger partial charge in [0.25, 0.3) is 0 Å². The quantitative estimate of drug-likeness (QED) is 0.412. The molecular weight excluding hydrogens is 333 g/mol. The fourth-order valence-electron chi connectivity index (χ4n) is 0.979. The lowest BCUT2D eigenvalue weighted by atomic mass is 10.1. The van der Waals surface area contributed by atoms with Crippen LogP contribution in [-0.4, -0.2) is 24.9 Å². The largest absolute Gasteiger partial charge is 0.744 e. The van der Waals surface area contributed by atoms with Crippen LogP contribution in [0, 0.1) is 0 Å². The van der Waals surface area contributed by atoms with Crippen LogP contribution >= 0.6 is 29.7 Å². The van der Waals surface area contributed by atoms with Gasteiger partial charge in [-0.1, -0.05) is 0 Å². The maximum atomic E-state index is 10.6. The number of hydrogen-bond donors (Lipinski definition) is 0. The van der Waals surface area contributed by atoms with E-state index >= 15 is 0 Å². The van der Waals surface area contributed by atoms with Crippen LogP contribution in [0.1, 0.15) is 20.7 Å². The van der Waals surface area contributed by atoms with Gasteiger partial charge in [0, 0.05) is 0 Å². The van der Waals surface area contributed by atoms with Crippen LogP contribution in [0.15, 0.2) is 23.1 Å². The molecule has 0 fully saturated rings. The molecule has 3 unspecified atom stereocenters. The Hall–Kier alpha value is -0.640. The molecule has 0 saturated carbocycles. The van der Waals surface area contributed by atoms with E-state index < -0.39 is 38.1 Å². The number of rotatable bonds is 3. The van der Waals surface area contributed by atoms with Gasteiger partial charge in [-0.05, 0) is 59.0 Å². The van der Waals surface area contributed by atoms with Crippen molar-refractivity contribution in [2.75, 3.05) is 0 Å². The molecular formula is C8H15O7P3S. The molecule has 110 valence electrons. The van der Waals surface area contributed by atoms with Gasteiger partial charge in [0.2, 0.25) is 0 Å². The lowest BCUT2D eigenvalue weighted by Gasteiger charge is -2.13. The summed E-state index contributed by atoms with van der Waals surface area (Å²) in [4.78, 5) is 19.9. The summed E-state index contributed by atoms with van der Waals surface area (Å²) in [5.74, 6) is -3.60. The summed E-state index contributed by atoms with van der Waals surface area (Å²) < 4.78 is 31.8. The standard InChI is InChI=1S/C8H6O7S.3H3P/c9-7(10)4-1-5(8(11)12)3-6(2-4)16(13,14)15;;;/h1-3H,(H,9,10)(H,11,12)(H,13,14,15);3*1H3. The van der Waals surface area contributed by atoms with Crippen molar-refractivity contribution in [3.8, 4) is 0 Å². The van der Waals surface area contributed by atoms with Gasteiger partial charge in [0.15, 0.2) is 0 Å². The Morgan fingerprint density at radius 2 is 1.16 bits per heavy atom. The Balaban J connectivity index is -0.000000853. The van der Waals surface area contributed by atoms with Crippen molar-refractivity contribution < 1.29 is 32.8 Å². The van der Waals surface area contributed by atoms with Gasteiger partial charge in [-0.3, -0.25) is 0 Å². The number of aromatic carboxylic acids is 2. The normalized spacial score (nSPS) is 9.32. The molecule has 0 bridgehead atoms. The average Bonchev–Trinajstić information content (AvgIpc) is 2.15.